The summed E-state index contributed by atoms with van der Waals surface area (Å²) in [4.78, 5) is 11.8. The second-order valence-electron chi connectivity index (χ2n) is 5.30. The number of hydrogen-bond donors (Lipinski definition) is 0. The van der Waals surface area contributed by atoms with Crippen molar-refractivity contribution in [2.45, 2.75) is 46.1 Å². The van der Waals surface area contributed by atoms with Crippen molar-refractivity contribution in [1.29, 1.82) is 0 Å². The second-order valence-corrected chi connectivity index (χ2v) is 5.68. The first-order valence-electron chi connectivity index (χ1n) is 6.10. The highest BCUT2D eigenvalue weighted by Crippen LogP contribution is 2.21. The Kier molecular flexibility index (Phi) is 4.93. The van der Waals surface area contributed by atoms with Crippen molar-refractivity contribution in [3.8, 4) is 0 Å². The molecule has 0 saturated heterocycles. The fraction of sp³-hybridized carbons (Fsp3) is 0.692. The second kappa shape index (κ2) is 5.85. The molecule has 0 bridgehead atoms. The first kappa shape index (κ1) is 15.2. The van der Waals surface area contributed by atoms with E-state index in [1.54, 1.807) is 11.7 Å². The van der Waals surface area contributed by atoms with Crippen molar-refractivity contribution in [2.75, 3.05) is 6.61 Å². The van der Waals surface area contributed by atoms with Gasteiger partial charge in [-0.25, -0.2) is 0 Å². The van der Waals surface area contributed by atoms with E-state index >= 15 is 0 Å². The van der Waals surface area contributed by atoms with Gasteiger partial charge in [0.25, 0.3) is 0 Å². The molecule has 0 saturated carbocycles. The summed E-state index contributed by atoms with van der Waals surface area (Å²) in [6.07, 6.45) is 1.03. The van der Waals surface area contributed by atoms with Gasteiger partial charge in [0, 0.05) is 7.05 Å². The van der Waals surface area contributed by atoms with E-state index in [4.69, 9.17) is 16.3 Å². The van der Waals surface area contributed by atoms with Crippen LogP contribution in [0, 0.1) is 0 Å². The third kappa shape index (κ3) is 4.10. The Bertz CT molecular complexity index is 433. The summed E-state index contributed by atoms with van der Waals surface area (Å²) in [5.74, 6) is 0.0116. The average Bonchev–Trinajstić information content (AvgIpc) is 2.53. The molecule has 0 spiro atoms. The topological polar surface area (TPSA) is 44.1 Å². The predicted octanol–water partition coefficient (Wildman–Crippen LogP) is 2.56. The number of nitrogens with zero attached hydrogens (tertiary/aromatic N) is 2. The van der Waals surface area contributed by atoms with Gasteiger partial charge in [-0.2, -0.15) is 5.10 Å². The van der Waals surface area contributed by atoms with Crippen molar-refractivity contribution >= 4 is 17.4 Å². The van der Waals surface area contributed by atoms with E-state index in [1.165, 1.54) is 0 Å². The molecule has 1 heterocycles. The van der Waals surface area contributed by atoms with Crippen LogP contribution in [0.3, 0.4) is 0 Å². The van der Waals surface area contributed by atoms with Crippen LogP contribution in [0.4, 0.5) is 0 Å². The summed E-state index contributed by atoms with van der Waals surface area (Å²) >= 11 is 6.19. The largest absolute Gasteiger partial charge is 0.368 e. The molecule has 0 aliphatic heterocycles. The molecule has 0 N–H and O–H groups in total. The van der Waals surface area contributed by atoms with E-state index < -0.39 is 0 Å². The van der Waals surface area contributed by atoms with E-state index in [1.807, 2.05) is 27.7 Å². The summed E-state index contributed by atoms with van der Waals surface area (Å²) in [5, 5.41) is 4.88. The normalized spacial score (nSPS) is 11.9. The predicted molar refractivity (Wildman–Crippen MR) is 72.0 cm³/mol. The van der Waals surface area contributed by atoms with Gasteiger partial charge in [-0.05, 0) is 27.2 Å². The van der Waals surface area contributed by atoms with Crippen molar-refractivity contribution in [2.24, 2.45) is 7.05 Å². The van der Waals surface area contributed by atoms with Crippen LogP contribution in [-0.4, -0.2) is 27.8 Å². The maximum atomic E-state index is 11.8. The number of carbonyl (C=O) groups is 1. The lowest BCUT2D eigenvalue weighted by atomic mass is 10.1. The molecule has 0 fully saturated rings. The van der Waals surface area contributed by atoms with Gasteiger partial charge < -0.3 is 4.74 Å². The Morgan fingerprint density at radius 3 is 2.50 bits per heavy atom. The third-order valence-corrected chi connectivity index (χ3v) is 2.97. The Morgan fingerprint density at radius 1 is 1.44 bits per heavy atom. The Morgan fingerprint density at radius 2 is 2.06 bits per heavy atom. The first-order valence-corrected chi connectivity index (χ1v) is 6.48. The third-order valence-electron chi connectivity index (χ3n) is 2.53. The fourth-order valence-corrected chi connectivity index (χ4v) is 1.91. The van der Waals surface area contributed by atoms with Crippen LogP contribution in [0.2, 0.25) is 5.02 Å². The summed E-state index contributed by atoms with van der Waals surface area (Å²) in [6, 6.07) is 0. The minimum absolute atomic E-state index is 0.0116. The summed E-state index contributed by atoms with van der Waals surface area (Å²) in [5.41, 5.74) is 1.29. The number of aromatic nitrogens is 2. The summed E-state index contributed by atoms with van der Waals surface area (Å²) in [7, 11) is 1.80. The molecule has 0 aliphatic rings. The standard InChI is InChI=1S/C13H21ClN2O2/c1-6-10-12(14)11(16(5)15-10)7-9(17)8-18-13(2,3)4/h6-8H2,1-5H3. The van der Waals surface area contributed by atoms with E-state index in [-0.39, 0.29) is 24.4 Å². The van der Waals surface area contributed by atoms with Gasteiger partial charge in [0.2, 0.25) is 0 Å². The van der Waals surface area contributed by atoms with E-state index in [9.17, 15) is 4.79 Å². The van der Waals surface area contributed by atoms with Gasteiger partial charge in [-0.1, -0.05) is 18.5 Å². The summed E-state index contributed by atoms with van der Waals surface area (Å²) in [6.45, 7) is 7.86. The van der Waals surface area contributed by atoms with Crippen molar-refractivity contribution in [1.82, 2.24) is 9.78 Å². The van der Waals surface area contributed by atoms with Crippen LogP contribution in [0.5, 0.6) is 0 Å². The van der Waals surface area contributed by atoms with Crippen molar-refractivity contribution in [3.63, 3.8) is 0 Å². The lowest BCUT2D eigenvalue weighted by Gasteiger charge is -2.18. The van der Waals surface area contributed by atoms with Crippen LogP contribution in [0.1, 0.15) is 39.1 Å². The Labute approximate surface area is 113 Å². The molecule has 0 unspecified atom stereocenters. The van der Waals surface area contributed by atoms with Gasteiger partial charge in [0.05, 0.1) is 28.4 Å². The van der Waals surface area contributed by atoms with Crippen LogP contribution >= 0.6 is 11.6 Å². The molecule has 102 valence electrons. The molecule has 0 amide bonds. The van der Waals surface area contributed by atoms with Crippen molar-refractivity contribution in [3.05, 3.63) is 16.4 Å². The zero-order valence-electron chi connectivity index (χ0n) is 11.7. The number of rotatable bonds is 5. The van der Waals surface area contributed by atoms with Gasteiger partial charge >= 0.3 is 0 Å². The van der Waals surface area contributed by atoms with Crippen LogP contribution < -0.4 is 0 Å². The Balaban J connectivity index is 2.68. The molecule has 0 atom stereocenters. The maximum Gasteiger partial charge on any atom is 0.164 e. The molecule has 5 heteroatoms. The first-order chi connectivity index (χ1) is 8.24. The average molecular weight is 273 g/mol. The molecule has 4 nitrogen and oxygen atoms in total. The lowest BCUT2D eigenvalue weighted by Crippen LogP contribution is -2.24. The lowest BCUT2D eigenvalue weighted by molar-refractivity contribution is -0.127. The minimum atomic E-state index is -0.305. The molecule has 1 rings (SSSR count). The number of ether oxygens (including phenoxy) is 1. The highest BCUT2D eigenvalue weighted by molar-refractivity contribution is 6.32. The number of Topliss-reactive ketones (excluding diaryl/α,β-unsaturated/α-hetero) is 1. The molecule has 0 aliphatic carbocycles. The number of hydrogen-bond acceptors (Lipinski definition) is 3. The number of aryl methyl sites for hydroxylation is 2. The van der Waals surface area contributed by atoms with Crippen molar-refractivity contribution < 1.29 is 9.53 Å². The highest BCUT2D eigenvalue weighted by Gasteiger charge is 2.18. The molecular weight excluding hydrogens is 252 g/mol. The minimum Gasteiger partial charge on any atom is -0.368 e. The van der Waals surface area contributed by atoms with Crippen LogP contribution in [-0.2, 0) is 29.4 Å². The molecule has 1 aromatic rings. The smallest absolute Gasteiger partial charge is 0.164 e. The monoisotopic (exact) mass is 272 g/mol. The number of ketones is 1. The van der Waals surface area contributed by atoms with E-state index in [0.29, 0.717) is 5.02 Å². The molecule has 18 heavy (non-hydrogen) atoms. The van der Waals surface area contributed by atoms with Gasteiger partial charge in [0.1, 0.15) is 6.61 Å². The molecule has 0 radical (unpaired) electrons. The van der Waals surface area contributed by atoms with Gasteiger partial charge in [-0.3, -0.25) is 9.48 Å². The molecule has 1 aromatic heterocycles. The fourth-order valence-electron chi connectivity index (χ4n) is 1.55. The molecule has 0 aromatic carbocycles. The van der Waals surface area contributed by atoms with Gasteiger partial charge in [-0.15, -0.1) is 0 Å². The quantitative estimate of drug-likeness (QED) is 0.827. The number of carbonyl (C=O) groups excluding carboxylic acids is 1. The molecular formula is C13H21ClN2O2. The Hall–Kier alpha value is -0.870. The maximum absolute atomic E-state index is 11.8. The van der Waals surface area contributed by atoms with Crippen LogP contribution in [0.25, 0.3) is 0 Å². The van der Waals surface area contributed by atoms with E-state index in [0.717, 1.165) is 17.8 Å². The highest BCUT2D eigenvalue weighted by atomic mass is 35.5. The van der Waals surface area contributed by atoms with E-state index in [2.05, 4.69) is 5.10 Å². The van der Waals surface area contributed by atoms with Gasteiger partial charge in [0.15, 0.2) is 5.78 Å². The zero-order valence-corrected chi connectivity index (χ0v) is 12.5. The van der Waals surface area contributed by atoms with Crippen LogP contribution in [0.15, 0.2) is 0 Å². The number of halogens is 1. The summed E-state index contributed by atoms with van der Waals surface area (Å²) < 4.78 is 7.13. The SMILES string of the molecule is CCc1nn(C)c(CC(=O)COC(C)(C)C)c1Cl. The zero-order chi connectivity index (χ0) is 13.9.